The minimum absolute atomic E-state index is 0.300. The van der Waals surface area contributed by atoms with Crippen LogP contribution in [0, 0.1) is 11.7 Å². The quantitative estimate of drug-likeness (QED) is 0.229. The van der Waals surface area contributed by atoms with Gasteiger partial charge in [0.05, 0.1) is 11.0 Å². The summed E-state index contributed by atoms with van der Waals surface area (Å²) in [4.78, 5) is 26.5. The van der Waals surface area contributed by atoms with Crippen molar-refractivity contribution in [3.63, 3.8) is 0 Å². The van der Waals surface area contributed by atoms with Crippen molar-refractivity contribution >= 4 is 17.7 Å². The number of aliphatic hydroxyl groups is 1. The Morgan fingerprint density at radius 1 is 0.929 bits per heavy atom. The number of nitrogens with one attached hydrogen (secondary N) is 1. The maximum atomic E-state index is 13.4. The predicted molar refractivity (Wildman–Crippen MR) is 159 cm³/mol. The van der Waals surface area contributed by atoms with Gasteiger partial charge in [0.25, 0.3) is 0 Å². The average molecular weight is 579 g/mol. The Bertz CT molecular complexity index is 1380. The van der Waals surface area contributed by atoms with Gasteiger partial charge in [-0.1, -0.05) is 26.0 Å². The lowest BCUT2D eigenvalue weighted by atomic mass is 9.85. The number of benzene rings is 3. The maximum Gasteiger partial charge on any atom is 0.321 e. The molecule has 1 fully saturated rings. The molecule has 3 aromatic carbocycles. The molecule has 3 aromatic rings. The zero-order valence-electron chi connectivity index (χ0n) is 24.5. The van der Waals surface area contributed by atoms with Gasteiger partial charge in [-0.15, -0.1) is 0 Å². The van der Waals surface area contributed by atoms with Crippen LogP contribution in [-0.4, -0.2) is 45.8 Å². The van der Waals surface area contributed by atoms with E-state index in [0.717, 1.165) is 12.8 Å². The Morgan fingerprint density at radius 2 is 1.45 bits per heavy atom. The third kappa shape index (κ3) is 8.00. The number of aliphatic carboxylic acids is 1. The van der Waals surface area contributed by atoms with Crippen LogP contribution in [0.5, 0.6) is 23.0 Å². The number of piperidine rings is 1. The van der Waals surface area contributed by atoms with Crippen molar-refractivity contribution in [2.45, 2.75) is 64.4 Å². The lowest BCUT2D eigenvalue weighted by molar-refractivity contribution is -0.142. The van der Waals surface area contributed by atoms with Crippen molar-refractivity contribution in [1.82, 2.24) is 4.90 Å². The third-order valence-corrected chi connectivity index (χ3v) is 7.70. The summed E-state index contributed by atoms with van der Waals surface area (Å²) in [5.74, 6) is 0.786. The van der Waals surface area contributed by atoms with E-state index in [1.54, 1.807) is 61.2 Å². The van der Waals surface area contributed by atoms with E-state index < -0.39 is 17.0 Å². The highest BCUT2D eigenvalue weighted by atomic mass is 19.1. The molecule has 9 heteroatoms. The first kappa shape index (κ1) is 30.8. The number of anilines is 1. The Kier molecular flexibility index (Phi) is 9.41. The molecule has 0 radical (unpaired) electrons. The normalized spacial score (nSPS) is 14.9. The zero-order valence-corrected chi connectivity index (χ0v) is 24.5. The molecule has 42 heavy (non-hydrogen) atoms. The van der Waals surface area contributed by atoms with Gasteiger partial charge in [-0.3, -0.25) is 4.79 Å². The number of carbonyl (C=O) groups is 2. The number of nitrogens with zero attached hydrogens (tertiary/aromatic N) is 1. The van der Waals surface area contributed by atoms with Gasteiger partial charge < -0.3 is 29.9 Å². The zero-order chi connectivity index (χ0) is 30.5. The molecular formula is C33H39FN2O6. The number of rotatable bonds is 10. The van der Waals surface area contributed by atoms with E-state index in [4.69, 9.17) is 9.47 Å². The molecule has 1 saturated heterocycles. The largest absolute Gasteiger partial charge is 0.481 e. The minimum Gasteiger partial charge on any atom is -0.481 e. The molecule has 8 nitrogen and oxygen atoms in total. The molecule has 0 spiro atoms. The second-order valence-corrected chi connectivity index (χ2v) is 11.9. The fraction of sp³-hybridized carbons (Fsp3) is 0.394. The van der Waals surface area contributed by atoms with E-state index >= 15 is 0 Å². The Hall–Kier alpha value is -4.11. The van der Waals surface area contributed by atoms with Gasteiger partial charge in [-0.25, -0.2) is 9.18 Å². The van der Waals surface area contributed by atoms with Crippen molar-refractivity contribution in [3.05, 3.63) is 78.1 Å². The van der Waals surface area contributed by atoms with Crippen molar-refractivity contribution in [1.29, 1.82) is 0 Å². The lowest BCUT2D eigenvalue weighted by Gasteiger charge is -2.38. The van der Waals surface area contributed by atoms with E-state index in [9.17, 15) is 24.2 Å². The van der Waals surface area contributed by atoms with Crippen LogP contribution < -0.4 is 14.8 Å². The molecule has 1 aliphatic rings. The fourth-order valence-electron chi connectivity index (χ4n) is 4.74. The van der Waals surface area contributed by atoms with Crippen molar-refractivity contribution < 1.29 is 33.7 Å². The molecule has 1 heterocycles. The lowest BCUT2D eigenvalue weighted by Crippen LogP contribution is -2.48. The van der Waals surface area contributed by atoms with Crippen LogP contribution >= 0.6 is 0 Å². The number of carboxylic acid groups (broad SMARTS) is 1. The molecule has 0 atom stereocenters. The first-order valence-electron chi connectivity index (χ1n) is 14.2. The number of carbonyl (C=O) groups excluding carboxylic acids is 1. The highest BCUT2D eigenvalue weighted by molar-refractivity contribution is 5.90. The number of halogens is 1. The van der Waals surface area contributed by atoms with Crippen LogP contribution in [0.25, 0.3) is 0 Å². The molecule has 4 rings (SSSR count). The molecule has 224 valence electrons. The van der Waals surface area contributed by atoms with Crippen molar-refractivity contribution in [2.75, 3.05) is 18.4 Å². The first-order valence-corrected chi connectivity index (χ1v) is 14.2. The Balaban J connectivity index is 1.51. The average Bonchev–Trinajstić information content (AvgIpc) is 2.94. The summed E-state index contributed by atoms with van der Waals surface area (Å²) in [5, 5.41) is 23.4. The fourth-order valence-corrected chi connectivity index (χ4v) is 4.74. The standard InChI is InChI=1S/C33H39FN2O6/c1-22(2)13-14-33(40)15-17-36(18-16-33)31(39)35-25-19-28(21-29(20-25)42-27-11-7-24(34)8-12-27)41-26-9-5-23(6-10-26)32(3,4)30(37)38/h5-12,19-22,40H,13-18H2,1-4H3,(H,35,39)(H,37,38). The summed E-state index contributed by atoms with van der Waals surface area (Å²) < 4.78 is 25.4. The smallest absolute Gasteiger partial charge is 0.321 e. The predicted octanol–water partition coefficient (Wildman–Crippen LogP) is 7.57. The topological polar surface area (TPSA) is 108 Å². The Morgan fingerprint density at radius 3 is 1.95 bits per heavy atom. The van der Waals surface area contributed by atoms with Crippen LogP contribution in [0.15, 0.2) is 66.7 Å². The number of carboxylic acids is 1. The molecule has 1 aliphatic heterocycles. The van der Waals surface area contributed by atoms with Gasteiger partial charge >= 0.3 is 12.0 Å². The van der Waals surface area contributed by atoms with E-state index in [2.05, 4.69) is 19.2 Å². The van der Waals surface area contributed by atoms with E-state index in [0.29, 0.717) is 66.1 Å². The van der Waals surface area contributed by atoms with Gasteiger partial charge in [0, 0.05) is 37.0 Å². The molecule has 0 bridgehead atoms. The summed E-state index contributed by atoms with van der Waals surface area (Å²) in [6, 6.07) is 17.0. The minimum atomic E-state index is -1.06. The van der Waals surface area contributed by atoms with E-state index in [1.807, 2.05) is 0 Å². The molecular weight excluding hydrogens is 539 g/mol. The van der Waals surface area contributed by atoms with E-state index in [1.165, 1.54) is 24.3 Å². The number of likely N-dealkylation sites (tertiary alicyclic amines) is 1. The number of ether oxygens (including phenoxy) is 2. The summed E-state index contributed by atoms with van der Waals surface area (Å²) in [5.41, 5.74) is -0.752. The molecule has 3 N–H and O–H groups in total. The SMILES string of the molecule is CC(C)CCC1(O)CCN(C(=O)Nc2cc(Oc3ccc(F)cc3)cc(Oc3ccc(C(C)(C)C(=O)O)cc3)c2)CC1. The third-order valence-electron chi connectivity index (χ3n) is 7.70. The van der Waals surface area contributed by atoms with Crippen LogP contribution in [0.2, 0.25) is 0 Å². The summed E-state index contributed by atoms with van der Waals surface area (Å²) in [6.45, 7) is 8.40. The van der Waals surface area contributed by atoms with Crippen molar-refractivity contribution in [2.24, 2.45) is 5.92 Å². The highest BCUT2D eigenvalue weighted by Gasteiger charge is 2.34. The van der Waals surface area contributed by atoms with Gasteiger partial charge in [0.2, 0.25) is 0 Å². The van der Waals surface area contributed by atoms with Gasteiger partial charge in [0.1, 0.15) is 28.8 Å². The molecule has 0 aliphatic carbocycles. The number of urea groups is 1. The van der Waals surface area contributed by atoms with Crippen LogP contribution in [0.4, 0.5) is 14.9 Å². The van der Waals surface area contributed by atoms with Crippen molar-refractivity contribution in [3.8, 4) is 23.0 Å². The van der Waals surface area contributed by atoms with Crippen LogP contribution in [0.1, 0.15) is 58.9 Å². The Labute approximate surface area is 246 Å². The first-order chi connectivity index (χ1) is 19.8. The van der Waals surface area contributed by atoms with Gasteiger partial charge in [-0.05, 0) is 87.4 Å². The molecule has 0 aromatic heterocycles. The number of hydrogen-bond donors (Lipinski definition) is 3. The highest BCUT2D eigenvalue weighted by Crippen LogP contribution is 2.34. The molecule has 0 saturated carbocycles. The molecule has 0 unspecified atom stereocenters. The summed E-state index contributed by atoms with van der Waals surface area (Å²) in [7, 11) is 0. The second-order valence-electron chi connectivity index (χ2n) is 11.9. The summed E-state index contributed by atoms with van der Waals surface area (Å²) in [6.07, 6.45) is 2.69. The number of hydrogen-bond acceptors (Lipinski definition) is 5. The van der Waals surface area contributed by atoms with Crippen LogP contribution in [-0.2, 0) is 10.2 Å². The second kappa shape index (κ2) is 12.8. The summed E-state index contributed by atoms with van der Waals surface area (Å²) >= 11 is 0. The van der Waals surface area contributed by atoms with Gasteiger partial charge in [-0.2, -0.15) is 0 Å². The van der Waals surface area contributed by atoms with Crippen LogP contribution in [0.3, 0.4) is 0 Å². The van der Waals surface area contributed by atoms with Gasteiger partial charge in [0.15, 0.2) is 0 Å². The monoisotopic (exact) mass is 578 g/mol. The van der Waals surface area contributed by atoms with E-state index in [-0.39, 0.29) is 11.8 Å². The number of amides is 2. The maximum absolute atomic E-state index is 13.4. The molecule has 2 amide bonds.